The molecule has 14 heavy (non-hydrogen) atoms. The topological polar surface area (TPSA) is 151 Å². The van der Waals surface area contributed by atoms with E-state index in [0.717, 1.165) is 0 Å². The second-order valence-electron chi connectivity index (χ2n) is 3.14. The van der Waals surface area contributed by atoms with Crippen molar-refractivity contribution >= 4 is 0 Å². The van der Waals surface area contributed by atoms with Gasteiger partial charge in [-0.05, 0) is 0 Å². The molecule has 1 aliphatic heterocycles. The quantitative estimate of drug-likeness (QED) is 0.214. The molecule has 7 N–H and O–H groups in total. The Kier molecular flexibility index (Phi) is 2.82. The molecule has 1 aliphatic rings. The highest BCUT2D eigenvalue weighted by Crippen LogP contribution is 2.31. The predicted octanol–water partition coefficient (Wildman–Crippen LogP) is -4.58. The van der Waals surface area contributed by atoms with Crippen molar-refractivity contribution in [1.82, 2.24) is 0 Å². The summed E-state index contributed by atoms with van der Waals surface area (Å²) < 4.78 is 4.06. The monoisotopic (exact) mass is 212 g/mol. The van der Waals surface area contributed by atoms with Crippen molar-refractivity contribution in [2.75, 3.05) is 6.61 Å². The van der Waals surface area contributed by atoms with Crippen LogP contribution in [0.5, 0.6) is 0 Å². The Labute approximate surface area is 78.2 Å². The summed E-state index contributed by atoms with van der Waals surface area (Å²) in [6, 6.07) is 0. The van der Waals surface area contributed by atoms with Crippen LogP contribution in [0.25, 0.3) is 0 Å². The summed E-state index contributed by atoms with van der Waals surface area (Å²) in [4.78, 5) is 0. The third-order valence-electron chi connectivity index (χ3n) is 2.05. The first-order valence-electron chi connectivity index (χ1n) is 3.77. The molecule has 1 fully saturated rings. The highest BCUT2D eigenvalue weighted by molar-refractivity contribution is 4.95. The van der Waals surface area contributed by atoms with Gasteiger partial charge in [0, 0.05) is 0 Å². The zero-order valence-electron chi connectivity index (χ0n) is 6.98. The lowest BCUT2D eigenvalue weighted by Crippen LogP contribution is -2.71. The summed E-state index contributed by atoms with van der Waals surface area (Å²) in [5.74, 6) is -5.97. The van der Waals surface area contributed by atoms with Crippen molar-refractivity contribution in [3.63, 3.8) is 0 Å². The molecule has 8 nitrogen and oxygen atoms in total. The molecule has 0 aromatic heterocycles. The third-order valence-corrected chi connectivity index (χ3v) is 2.05. The average molecular weight is 212 g/mol. The molecule has 0 aromatic carbocycles. The van der Waals surface area contributed by atoms with E-state index in [1.165, 1.54) is 0 Å². The van der Waals surface area contributed by atoms with Crippen molar-refractivity contribution in [2.45, 2.75) is 30.1 Å². The highest BCUT2D eigenvalue weighted by atomic mass is 16.8. The van der Waals surface area contributed by atoms with Gasteiger partial charge in [0.15, 0.2) is 6.10 Å². The molecular weight excluding hydrogens is 200 g/mol. The van der Waals surface area contributed by atoms with Gasteiger partial charge < -0.3 is 35.7 Å². The first kappa shape index (κ1) is 11.8. The summed E-state index contributed by atoms with van der Waals surface area (Å²) in [6.07, 6.45) is -6.34. The van der Waals surface area contributed by atoms with Crippen LogP contribution < -0.4 is 0 Å². The maximum atomic E-state index is 9.26. The van der Waals surface area contributed by atoms with Crippen LogP contribution in [0.3, 0.4) is 0 Å². The molecule has 0 unspecified atom stereocenters. The first-order valence-corrected chi connectivity index (χ1v) is 3.77. The van der Waals surface area contributed by atoms with E-state index in [9.17, 15) is 5.11 Å². The molecular formula is C6H12O8. The van der Waals surface area contributed by atoms with Gasteiger partial charge in [0.2, 0.25) is 5.79 Å². The lowest BCUT2D eigenvalue weighted by atomic mass is 9.95. The summed E-state index contributed by atoms with van der Waals surface area (Å²) in [5, 5.41) is 62.9. The van der Waals surface area contributed by atoms with Crippen molar-refractivity contribution < 1.29 is 40.5 Å². The minimum atomic E-state index is -3.24. The van der Waals surface area contributed by atoms with Crippen LogP contribution in [0.1, 0.15) is 0 Å². The van der Waals surface area contributed by atoms with E-state index in [4.69, 9.17) is 30.6 Å². The van der Waals surface area contributed by atoms with E-state index in [0.29, 0.717) is 0 Å². The van der Waals surface area contributed by atoms with E-state index >= 15 is 0 Å². The van der Waals surface area contributed by atoms with Crippen LogP contribution in [0.15, 0.2) is 0 Å². The van der Waals surface area contributed by atoms with Crippen LogP contribution in [0, 0.1) is 0 Å². The molecule has 8 heteroatoms. The number of hydrogen-bond donors (Lipinski definition) is 7. The molecule has 0 aromatic rings. The Balaban J connectivity index is 2.96. The normalized spacial score (nSPS) is 47.8. The van der Waals surface area contributed by atoms with E-state index in [1.807, 2.05) is 0 Å². The lowest BCUT2D eigenvalue weighted by molar-refractivity contribution is -0.494. The minimum Gasteiger partial charge on any atom is -0.391 e. The molecule has 4 atom stereocenters. The Hall–Kier alpha value is -0.320. The fraction of sp³-hybridized carbons (Fsp3) is 1.00. The van der Waals surface area contributed by atoms with Gasteiger partial charge in [-0.15, -0.1) is 0 Å². The molecule has 1 saturated heterocycles. The molecule has 0 aliphatic carbocycles. The van der Waals surface area contributed by atoms with Crippen LogP contribution in [-0.2, 0) is 4.74 Å². The van der Waals surface area contributed by atoms with Gasteiger partial charge in [-0.25, -0.2) is 0 Å². The maximum absolute atomic E-state index is 9.26. The number of aliphatic hydroxyl groups excluding tert-OH is 4. The summed E-state index contributed by atoms with van der Waals surface area (Å²) in [6.45, 7) is -1.18. The van der Waals surface area contributed by atoms with E-state index < -0.39 is 36.7 Å². The van der Waals surface area contributed by atoms with E-state index in [-0.39, 0.29) is 0 Å². The van der Waals surface area contributed by atoms with Crippen LogP contribution in [0.2, 0.25) is 0 Å². The average Bonchev–Trinajstić information content (AvgIpc) is 2.11. The largest absolute Gasteiger partial charge is 0.391 e. The summed E-state index contributed by atoms with van der Waals surface area (Å²) >= 11 is 0. The Morgan fingerprint density at radius 2 is 1.50 bits per heavy atom. The minimum absolute atomic E-state index is 1.18. The molecule has 0 saturated carbocycles. The molecule has 1 rings (SSSR count). The molecule has 0 amide bonds. The van der Waals surface area contributed by atoms with Gasteiger partial charge in [0.25, 0.3) is 0 Å². The fourth-order valence-corrected chi connectivity index (χ4v) is 1.17. The van der Waals surface area contributed by atoms with Gasteiger partial charge in [0.1, 0.15) is 18.8 Å². The third kappa shape index (κ3) is 1.62. The van der Waals surface area contributed by atoms with Gasteiger partial charge in [0.05, 0.1) is 0 Å². The number of ether oxygens (including phenoxy) is 1. The SMILES string of the molecule is OC[C@]1(O)OC(O)(O)[C@@H](O)[C@@H](O)[C@@H]1O. The molecule has 0 spiro atoms. The lowest BCUT2D eigenvalue weighted by Gasteiger charge is -2.46. The van der Waals surface area contributed by atoms with Crippen LogP contribution in [0.4, 0.5) is 0 Å². The van der Waals surface area contributed by atoms with Crippen molar-refractivity contribution in [2.24, 2.45) is 0 Å². The second kappa shape index (κ2) is 3.36. The Morgan fingerprint density at radius 3 is 1.93 bits per heavy atom. The Bertz CT molecular complexity index is 218. The summed E-state index contributed by atoms with van der Waals surface area (Å²) in [5.41, 5.74) is 0. The standard InChI is InChI=1S/C6H12O8/c7-1-5(11)3(9)2(8)4(10)6(12,13)14-5/h2-4,7-13H,1H2/t2-,3-,4-,5-/m0/s1. The molecule has 0 radical (unpaired) electrons. The molecule has 1 heterocycles. The maximum Gasteiger partial charge on any atom is 0.310 e. The van der Waals surface area contributed by atoms with E-state index in [1.54, 1.807) is 0 Å². The van der Waals surface area contributed by atoms with Crippen molar-refractivity contribution in [3.8, 4) is 0 Å². The first-order chi connectivity index (χ1) is 6.24. The number of aliphatic hydroxyl groups is 7. The zero-order chi connectivity index (χ0) is 11.1. The smallest absolute Gasteiger partial charge is 0.310 e. The van der Waals surface area contributed by atoms with Crippen molar-refractivity contribution in [3.05, 3.63) is 0 Å². The van der Waals surface area contributed by atoms with Gasteiger partial charge in [-0.3, -0.25) is 4.74 Å². The van der Waals surface area contributed by atoms with Crippen LogP contribution >= 0.6 is 0 Å². The molecule has 84 valence electrons. The van der Waals surface area contributed by atoms with E-state index in [2.05, 4.69) is 4.74 Å². The Morgan fingerprint density at radius 1 is 1.00 bits per heavy atom. The van der Waals surface area contributed by atoms with Gasteiger partial charge >= 0.3 is 5.97 Å². The highest BCUT2D eigenvalue weighted by Gasteiger charge is 2.59. The van der Waals surface area contributed by atoms with Gasteiger partial charge in [-0.1, -0.05) is 0 Å². The number of rotatable bonds is 1. The molecule has 0 bridgehead atoms. The van der Waals surface area contributed by atoms with Crippen LogP contribution in [-0.4, -0.2) is 72.4 Å². The fourth-order valence-electron chi connectivity index (χ4n) is 1.17. The zero-order valence-corrected chi connectivity index (χ0v) is 6.98. The summed E-state index contributed by atoms with van der Waals surface area (Å²) in [7, 11) is 0. The second-order valence-corrected chi connectivity index (χ2v) is 3.14. The van der Waals surface area contributed by atoms with Gasteiger partial charge in [-0.2, -0.15) is 0 Å². The number of hydrogen-bond acceptors (Lipinski definition) is 8. The van der Waals surface area contributed by atoms with Crippen molar-refractivity contribution in [1.29, 1.82) is 0 Å². The predicted molar refractivity (Wildman–Crippen MR) is 38.3 cm³/mol.